The minimum atomic E-state index is -0.560. The van der Waals surface area contributed by atoms with E-state index in [1.807, 2.05) is 100 Å². The number of nitrogens with two attached hydrogens (primary N) is 1. The lowest BCUT2D eigenvalue weighted by Crippen LogP contribution is -2.33. The summed E-state index contributed by atoms with van der Waals surface area (Å²) in [6.45, 7) is 8.09. The van der Waals surface area contributed by atoms with Crippen LogP contribution >= 0.6 is 0 Å². The van der Waals surface area contributed by atoms with E-state index in [2.05, 4.69) is 0 Å². The highest BCUT2D eigenvalue weighted by Crippen LogP contribution is 2.29. The van der Waals surface area contributed by atoms with Gasteiger partial charge in [0, 0.05) is 59.8 Å². The summed E-state index contributed by atoms with van der Waals surface area (Å²) in [6, 6.07) is 21.2. The molecule has 0 fully saturated rings. The Bertz CT molecular complexity index is 1240. The maximum atomic E-state index is 13.8. The number of carbonyl (C=O) groups excluding carboxylic acids is 2. The molecule has 0 heterocycles. The van der Waals surface area contributed by atoms with Gasteiger partial charge in [-0.05, 0) is 100 Å². The van der Waals surface area contributed by atoms with Gasteiger partial charge in [0.15, 0.2) is 0 Å². The van der Waals surface area contributed by atoms with Crippen LogP contribution in [0.5, 0.6) is 0 Å². The molecule has 2 amide bonds. The van der Waals surface area contributed by atoms with Gasteiger partial charge in [0.2, 0.25) is 5.91 Å². The van der Waals surface area contributed by atoms with Crippen molar-refractivity contribution in [3.63, 3.8) is 0 Å². The highest BCUT2D eigenvalue weighted by Gasteiger charge is 2.22. The molecular weight excluding hydrogens is 476 g/mol. The normalized spacial score (nSPS) is 10.8. The molecule has 0 saturated carbocycles. The fourth-order valence-corrected chi connectivity index (χ4v) is 3.75. The Balaban J connectivity index is 2.02. The van der Waals surface area contributed by atoms with E-state index < -0.39 is 5.91 Å². The molecule has 0 aromatic heterocycles. The van der Waals surface area contributed by atoms with Crippen LogP contribution in [0.25, 0.3) is 0 Å². The van der Waals surface area contributed by atoms with E-state index >= 15 is 0 Å². The summed E-state index contributed by atoms with van der Waals surface area (Å²) in [4.78, 5) is 30.6. The highest BCUT2D eigenvalue weighted by molar-refractivity contribution is 6.11. The predicted octanol–water partition coefficient (Wildman–Crippen LogP) is 5.10. The molecule has 0 unspecified atom stereocenters. The highest BCUT2D eigenvalue weighted by atomic mass is 16.2. The number of anilines is 2. The first-order valence-corrected chi connectivity index (χ1v) is 12.5. The SMILES string of the molecule is CC(C)N(C)C(=N)c1ccc(N(C(=O)c2ccc(C(N)=O)cc2)c2ccc(C(=N)N(C)C(C)C)cc2)cc1. The molecule has 0 bridgehead atoms. The van der Waals surface area contributed by atoms with Crippen LogP contribution < -0.4 is 10.6 Å². The van der Waals surface area contributed by atoms with E-state index in [-0.39, 0.29) is 18.0 Å². The van der Waals surface area contributed by atoms with E-state index in [1.165, 1.54) is 12.1 Å². The number of hydrogen-bond acceptors (Lipinski definition) is 4. The van der Waals surface area contributed by atoms with E-state index in [0.29, 0.717) is 34.2 Å². The van der Waals surface area contributed by atoms with Crippen LogP contribution in [0.4, 0.5) is 11.4 Å². The molecule has 198 valence electrons. The summed E-state index contributed by atoms with van der Waals surface area (Å²) in [7, 11) is 3.75. The van der Waals surface area contributed by atoms with Crippen LogP contribution in [-0.2, 0) is 0 Å². The zero-order valence-corrected chi connectivity index (χ0v) is 22.8. The third-order valence-corrected chi connectivity index (χ3v) is 6.67. The standard InChI is InChI=1S/C30H36N6O2/c1-19(2)34(5)27(31)21-11-15-25(16-12-21)36(30(38)24-9-7-23(8-10-24)29(33)37)26-17-13-22(14-18-26)28(32)35(6)20(3)4/h7-20,31-32H,1-6H3,(H2,33,37). The van der Waals surface area contributed by atoms with Crippen LogP contribution in [0.1, 0.15) is 59.5 Å². The quantitative estimate of drug-likeness (QED) is 0.288. The van der Waals surface area contributed by atoms with Crippen molar-refractivity contribution in [1.29, 1.82) is 10.8 Å². The fourth-order valence-electron chi connectivity index (χ4n) is 3.75. The van der Waals surface area contributed by atoms with Crippen LogP contribution in [0, 0.1) is 10.8 Å². The zero-order valence-electron chi connectivity index (χ0n) is 22.8. The summed E-state index contributed by atoms with van der Waals surface area (Å²) in [6.07, 6.45) is 0. The Hall–Kier alpha value is -4.46. The lowest BCUT2D eigenvalue weighted by molar-refractivity contribution is 0.0988. The Labute approximate surface area is 224 Å². The lowest BCUT2D eigenvalue weighted by atomic mass is 10.1. The number of amidine groups is 2. The third kappa shape index (κ3) is 6.08. The second-order valence-corrected chi connectivity index (χ2v) is 9.78. The van der Waals surface area contributed by atoms with E-state index in [0.717, 1.165) is 11.1 Å². The van der Waals surface area contributed by atoms with Crippen molar-refractivity contribution >= 4 is 34.9 Å². The summed E-state index contributed by atoms with van der Waals surface area (Å²) < 4.78 is 0. The maximum Gasteiger partial charge on any atom is 0.262 e. The molecule has 0 aliphatic heterocycles. The number of amides is 2. The predicted molar refractivity (Wildman–Crippen MR) is 154 cm³/mol. The number of rotatable bonds is 8. The van der Waals surface area contributed by atoms with Gasteiger partial charge in [-0.15, -0.1) is 0 Å². The van der Waals surface area contributed by atoms with Gasteiger partial charge < -0.3 is 15.5 Å². The molecule has 4 N–H and O–H groups in total. The maximum absolute atomic E-state index is 13.8. The molecular formula is C30H36N6O2. The minimum Gasteiger partial charge on any atom is -0.366 e. The van der Waals surface area contributed by atoms with Gasteiger partial charge in [-0.2, -0.15) is 0 Å². The topological polar surface area (TPSA) is 118 Å². The van der Waals surface area contributed by atoms with Crippen LogP contribution in [0.3, 0.4) is 0 Å². The van der Waals surface area contributed by atoms with E-state index in [1.54, 1.807) is 17.0 Å². The number of primary amides is 1. The Morgan fingerprint density at radius 2 is 0.921 bits per heavy atom. The first-order chi connectivity index (χ1) is 17.9. The second kappa shape index (κ2) is 11.7. The van der Waals surface area contributed by atoms with Gasteiger partial charge in [-0.25, -0.2) is 0 Å². The molecule has 0 spiro atoms. The molecule has 8 heteroatoms. The number of hydrogen-bond donors (Lipinski definition) is 3. The molecule has 8 nitrogen and oxygen atoms in total. The summed E-state index contributed by atoms with van der Waals surface area (Å²) in [5, 5.41) is 17.0. The Kier molecular flexibility index (Phi) is 8.68. The van der Waals surface area contributed by atoms with Crippen LogP contribution in [-0.4, -0.2) is 59.5 Å². The first kappa shape index (κ1) is 28.1. The molecule has 3 rings (SSSR count). The van der Waals surface area contributed by atoms with Gasteiger partial charge in [0.25, 0.3) is 5.91 Å². The summed E-state index contributed by atoms with van der Waals surface area (Å²) in [5.74, 6) is -0.0628. The first-order valence-electron chi connectivity index (χ1n) is 12.5. The van der Waals surface area contributed by atoms with Crippen molar-refractivity contribution < 1.29 is 9.59 Å². The molecule has 0 saturated heterocycles. The summed E-state index contributed by atoms with van der Waals surface area (Å²) >= 11 is 0. The van der Waals surface area contributed by atoms with Gasteiger partial charge in [-0.1, -0.05) is 0 Å². The fraction of sp³-hybridized carbons (Fsp3) is 0.267. The van der Waals surface area contributed by atoms with Gasteiger partial charge >= 0.3 is 0 Å². The molecule has 0 aliphatic carbocycles. The summed E-state index contributed by atoms with van der Waals surface area (Å²) in [5.41, 5.74) is 8.80. The molecule has 38 heavy (non-hydrogen) atoms. The van der Waals surface area contributed by atoms with Crippen LogP contribution in [0.2, 0.25) is 0 Å². The van der Waals surface area contributed by atoms with Gasteiger partial charge in [-0.3, -0.25) is 25.3 Å². The lowest BCUT2D eigenvalue weighted by Gasteiger charge is -2.27. The zero-order chi connectivity index (χ0) is 28.1. The second-order valence-electron chi connectivity index (χ2n) is 9.78. The molecule has 3 aromatic rings. The Morgan fingerprint density at radius 3 is 1.24 bits per heavy atom. The molecule has 0 atom stereocenters. The number of carbonyl (C=O) groups is 2. The average Bonchev–Trinajstić information content (AvgIpc) is 2.92. The minimum absolute atomic E-state index is 0.176. The Morgan fingerprint density at radius 1 is 0.605 bits per heavy atom. The van der Waals surface area contributed by atoms with E-state index in [9.17, 15) is 9.59 Å². The van der Waals surface area contributed by atoms with Crippen molar-refractivity contribution in [2.45, 2.75) is 39.8 Å². The monoisotopic (exact) mass is 512 g/mol. The number of nitrogens with zero attached hydrogens (tertiary/aromatic N) is 3. The molecule has 0 radical (unpaired) electrons. The van der Waals surface area contributed by atoms with Crippen LogP contribution in [0.15, 0.2) is 72.8 Å². The molecule has 3 aromatic carbocycles. The van der Waals surface area contributed by atoms with Crippen molar-refractivity contribution in [3.05, 3.63) is 95.1 Å². The van der Waals surface area contributed by atoms with E-state index in [4.69, 9.17) is 16.6 Å². The van der Waals surface area contributed by atoms with Crippen molar-refractivity contribution in [2.75, 3.05) is 19.0 Å². The van der Waals surface area contributed by atoms with Crippen molar-refractivity contribution in [1.82, 2.24) is 9.80 Å². The molecule has 0 aliphatic rings. The third-order valence-electron chi connectivity index (χ3n) is 6.67. The van der Waals surface area contributed by atoms with Gasteiger partial charge in [0.1, 0.15) is 11.7 Å². The largest absolute Gasteiger partial charge is 0.366 e. The van der Waals surface area contributed by atoms with Gasteiger partial charge in [0.05, 0.1) is 0 Å². The number of nitrogens with one attached hydrogen (secondary N) is 2. The smallest absolute Gasteiger partial charge is 0.262 e. The average molecular weight is 513 g/mol. The van der Waals surface area contributed by atoms with Crippen molar-refractivity contribution in [2.24, 2.45) is 5.73 Å². The van der Waals surface area contributed by atoms with Crippen molar-refractivity contribution in [3.8, 4) is 0 Å². The number of benzene rings is 3.